The first-order valence-corrected chi connectivity index (χ1v) is 11.2. The monoisotopic (exact) mass is 439 g/mol. The highest BCUT2D eigenvalue weighted by molar-refractivity contribution is 7.15. The van der Waals surface area contributed by atoms with Gasteiger partial charge in [0.15, 0.2) is 4.96 Å². The van der Waals surface area contributed by atoms with E-state index in [1.807, 2.05) is 23.2 Å². The summed E-state index contributed by atoms with van der Waals surface area (Å²) in [4.78, 5) is 20.4. The minimum absolute atomic E-state index is 0.0808. The number of benzene rings is 1. The molecule has 4 rings (SSSR count). The highest BCUT2D eigenvalue weighted by atomic mass is 32.1. The Kier molecular flexibility index (Phi) is 5.96. The van der Waals surface area contributed by atoms with E-state index in [4.69, 9.17) is 4.42 Å². The molecular weight excluding hydrogens is 413 g/mol. The zero-order valence-corrected chi connectivity index (χ0v) is 18.8. The zero-order chi connectivity index (χ0) is 22.0. The van der Waals surface area contributed by atoms with E-state index >= 15 is 0 Å². The van der Waals surface area contributed by atoms with Gasteiger partial charge in [0.05, 0.1) is 18.5 Å². The van der Waals surface area contributed by atoms with Crippen LogP contribution in [0.4, 0.5) is 4.39 Å². The first-order chi connectivity index (χ1) is 14.8. The minimum atomic E-state index is -0.262. The van der Waals surface area contributed by atoms with Gasteiger partial charge in [0, 0.05) is 42.2 Å². The number of carbonyl (C=O) groups excluding carboxylic acids is 1. The molecule has 0 saturated heterocycles. The summed E-state index contributed by atoms with van der Waals surface area (Å²) in [6.45, 7) is 7.26. The number of halogens is 1. The maximum Gasteiger partial charge on any atom is 0.223 e. The Morgan fingerprint density at radius 1 is 1.23 bits per heavy atom. The van der Waals surface area contributed by atoms with Crippen molar-refractivity contribution in [2.24, 2.45) is 5.41 Å². The van der Waals surface area contributed by atoms with Crippen LogP contribution in [0.3, 0.4) is 0 Å². The SMILES string of the molecule is CC(C)(C)CC(=O)N(CCc1csc2nc(-c3ccc(F)cc3)cn12)Cc1ccco1. The van der Waals surface area contributed by atoms with Crippen LogP contribution in [0.1, 0.15) is 38.6 Å². The second-order valence-electron chi connectivity index (χ2n) is 8.89. The van der Waals surface area contributed by atoms with Gasteiger partial charge in [0.2, 0.25) is 5.91 Å². The molecule has 0 N–H and O–H groups in total. The Labute approximate surface area is 185 Å². The summed E-state index contributed by atoms with van der Waals surface area (Å²) >= 11 is 1.56. The highest BCUT2D eigenvalue weighted by Crippen LogP contribution is 2.25. The third kappa shape index (κ3) is 5.22. The molecule has 0 saturated carbocycles. The van der Waals surface area contributed by atoms with Crippen LogP contribution in [-0.4, -0.2) is 26.7 Å². The van der Waals surface area contributed by atoms with Crippen LogP contribution >= 0.6 is 11.3 Å². The fraction of sp³-hybridized carbons (Fsp3) is 0.333. The molecule has 0 atom stereocenters. The normalized spacial score (nSPS) is 11.9. The first kappa shape index (κ1) is 21.3. The Morgan fingerprint density at radius 3 is 2.68 bits per heavy atom. The zero-order valence-electron chi connectivity index (χ0n) is 18.0. The van der Waals surface area contributed by atoms with E-state index in [1.165, 1.54) is 12.1 Å². The van der Waals surface area contributed by atoms with Gasteiger partial charge in [0.1, 0.15) is 11.6 Å². The number of hydrogen-bond donors (Lipinski definition) is 0. The van der Waals surface area contributed by atoms with Crippen LogP contribution in [0.2, 0.25) is 0 Å². The van der Waals surface area contributed by atoms with E-state index in [2.05, 4.69) is 35.5 Å². The predicted octanol–water partition coefficient (Wildman–Crippen LogP) is 5.80. The quantitative estimate of drug-likeness (QED) is 0.366. The number of thiazole rings is 1. The molecule has 0 spiro atoms. The summed E-state index contributed by atoms with van der Waals surface area (Å²) in [5.74, 6) is 0.633. The number of nitrogens with zero attached hydrogens (tertiary/aromatic N) is 3. The summed E-state index contributed by atoms with van der Waals surface area (Å²) in [7, 11) is 0. The molecular formula is C24H26FN3O2S. The van der Waals surface area contributed by atoms with Crippen molar-refractivity contribution in [2.75, 3.05) is 6.54 Å². The largest absolute Gasteiger partial charge is 0.467 e. The van der Waals surface area contributed by atoms with Crippen LogP contribution in [0.5, 0.6) is 0 Å². The number of aromatic nitrogens is 2. The third-order valence-electron chi connectivity index (χ3n) is 5.02. The summed E-state index contributed by atoms with van der Waals surface area (Å²) < 4.78 is 20.8. The van der Waals surface area contributed by atoms with Crippen LogP contribution in [0, 0.1) is 11.2 Å². The van der Waals surface area contributed by atoms with Crippen molar-refractivity contribution in [3.8, 4) is 11.3 Å². The van der Waals surface area contributed by atoms with Gasteiger partial charge in [-0.25, -0.2) is 9.37 Å². The topological polar surface area (TPSA) is 50.8 Å². The standard InChI is InChI=1S/C24H26FN3O2S/c1-24(2,3)13-22(29)27(14-20-5-4-12-30-20)11-10-19-16-31-23-26-21(15-28(19)23)17-6-8-18(25)9-7-17/h4-9,12,15-16H,10-11,13-14H2,1-3H3. The molecule has 1 aromatic carbocycles. The smallest absolute Gasteiger partial charge is 0.223 e. The summed E-state index contributed by atoms with van der Waals surface area (Å²) in [5, 5.41) is 2.08. The molecule has 7 heteroatoms. The fourth-order valence-corrected chi connectivity index (χ4v) is 4.37. The van der Waals surface area contributed by atoms with Crippen molar-refractivity contribution in [1.82, 2.24) is 14.3 Å². The van der Waals surface area contributed by atoms with E-state index < -0.39 is 0 Å². The molecule has 31 heavy (non-hydrogen) atoms. The van der Waals surface area contributed by atoms with Gasteiger partial charge in [-0.2, -0.15) is 0 Å². The van der Waals surface area contributed by atoms with Crippen molar-refractivity contribution >= 4 is 22.2 Å². The van der Waals surface area contributed by atoms with Gasteiger partial charge < -0.3 is 9.32 Å². The van der Waals surface area contributed by atoms with E-state index in [1.54, 1.807) is 29.7 Å². The molecule has 5 nitrogen and oxygen atoms in total. The van der Waals surface area contributed by atoms with E-state index in [-0.39, 0.29) is 17.1 Å². The lowest BCUT2D eigenvalue weighted by atomic mass is 9.91. The molecule has 0 aliphatic heterocycles. The Balaban J connectivity index is 1.52. The van der Waals surface area contributed by atoms with Crippen molar-refractivity contribution in [3.05, 3.63) is 71.5 Å². The lowest BCUT2D eigenvalue weighted by Gasteiger charge is -2.26. The van der Waals surface area contributed by atoms with Crippen LogP contribution in [0.15, 0.2) is 58.7 Å². The molecule has 1 amide bonds. The van der Waals surface area contributed by atoms with Gasteiger partial charge in [-0.15, -0.1) is 11.3 Å². The number of hydrogen-bond acceptors (Lipinski definition) is 4. The summed E-state index contributed by atoms with van der Waals surface area (Å²) in [6, 6.07) is 10.1. The summed E-state index contributed by atoms with van der Waals surface area (Å²) in [6.07, 6.45) is 4.79. The van der Waals surface area contributed by atoms with Gasteiger partial charge in [-0.05, 0) is 41.8 Å². The Morgan fingerprint density at radius 2 is 2.00 bits per heavy atom. The van der Waals surface area contributed by atoms with E-state index in [0.717, 1.165) is 27.7 Å². The maximum absolute atomic E-state index is 13.2. The molecule has 162 valence electrons. The number of rotatable bonds is 7. The summed E-state index contributed by atoms with van der Waals surface area (Å²) in [5.41, 5.74) is 2.70. The molecule has 0 aliphatic carbocycles. The van der Waals surface area contributed by atoms with Crippen LogP contribution < -0.4 is 0 Å². The molecule has 0 bridgehead atoms. The number of carbonyl (C=O) groups is 1. The first-order valence-electron chi connectivity index (χ1n) is 10.3. The lowest BCUT2D eigenvalue weighted by molar-refractivity contribution is -0.134. The van der Waals surface area contributed by atoms with Gasteiger partial charge >= 0.3 is 0 Å². The fourth-order valence-electron chi connectivity index (χ4n) is 3.47. The highest BCUT2D eigenvalue weighted by Gasteiger charge is 2.22. The lowest BCUT2D eigenvalue weighted by Crippen LogP contribution is -2.34. The molecule has 0 unspecified atom stereocenters. The molecule has 0 radical (unpaired) electrons. The van der Waals surface area contributed by atoms with Gasteiger partial charge in [-0.1, -0.05) is 20.8 Å². The average Bonchev–Trinajstić information content (AvgIpc) is 3.42. The van der Waals surface area contributed by atoms with E-state index in [0.29, 0.717) is 25.9 Å². The third-order valence-corrected chi connectivity index (χ3v) is 5.91. The van der Waals surface area contributed by atoms with Gasteiger partial charge in [0.25, 0.3) is 0 Å². The number of furan rings is 1. The molecule has 4 aromatic rings. The van der Waals surface area contributed by atoms with Crippen molar-refractivity contribution < 1.29 is 13.6 Å². The van der Waals surface area contributed by atoms with Crippen molar-refractivity contribution in [3.63, 3.8) is 0 Å². The van der Waals surface area contributed by atoms with Gasteiger partial charge in [-0.3, -0.25) is 9.20 Å². The van der Waals surface area contributed by atoms with E-state index in [9.17, 15) is 9.18 Å². The van der Waals surface area contributed by atoms with Crippen LogP contribution in [-0.2, 0) is 17.8 Å². The second kappa shape index (κ2) is 8.67. The van der Waals surface area contributed by atoms with Crippen molar-refractivity contribution in [1.29, 1.82) is 0 Å². The van der Waals surface area contributed by atoms with Crippen LogP contribution in [0.25, 0.3) is 16.2 Å². The maximum atomic E-state index is 13.2. The minimum Gasteiger partial charge on any atom is -0.467 e. The van der Waals surface area contributed by atoms with Crippen molar-refractivity contribution in [2.45, 2.75) is 40.2 Å². The number of amides is 1. The molecule has 0 aliphatic rings. The number of imidazole rings is 1. The molecule has 3 heterocycles. The second-order valence-corrected chi connectivity index (χ2v) is 9.73. The predicted molar refractivity (Wildman–Crippen MR) is 120 cm³/mol. The molecule has 0 fully saturated rings. The Bertz CT molecular complexity index is 1150. The molecule has 3 aromatic heterocycles. The number of fused-ring (bicyclic) bond motifs is 1. The average molecular weight is 440 g/mol. The Hall–Kier alpha value is -2.93.